The number of anilines is 1. The number of hydrogen-bond donors (Lipinski definition) is 1. The van der Waals surface area contributed by atoms with Crippen molar-refractivity contribution in [1.82, 2.24) is 0 Å². The monoisotopic (exact) mass is 247 g/mol. The maximum absolute atomic E-state index is 5.90. The highest BCUT2D eigenvalue weighted by Gasteiger charge is 2.15. The maximum atomic E-state index is 5.90. The van der Waals surface area contributed by atoms with E-state index in [-0.39, 0.29) is 0 Å². The molecular weight excluding hydrogens is 226 g/mol. The predicted octanol–water partition coefficient (Wildman–Crippen LogP) is 2.85. The van der Waals surface area contributed by atoms with Crippen LogP contribution in [0, 0.1) is 5.92 Å². The van der Waals surface area contributed by atoms with Gasteiger partial charge in [0, 0.05) is 24.8 Å². The average molecular weight is 247 g/mol. The van der Waals surface area contributed by atoms with Gasteiger partial charge >= 0.3 is 0 Å². The summed E-state index contributed by atoms with van der Waals surface area (Å²) in [6.07, 6.45) is 4.77. The van der Waals surface area contributed by atoms with E-state index < -0.39 is 0 Å². The Balaban J connectivity index is 1.58. The minimum absolute atomic E-state index is 0.563. The van der Waals surface area contributed by atoms with Crippen LogP contribution in [-0.2, 0) is 11.2 Å². The van der Waals surface area contributed by atoms with E-state index in [4.69, 9.17) is 9.47 Å². The van der Waals surface area contributed by atoms with Crippen LogP contribution >= 0.6 is 0 Å². The molecule has 0 amide bonds. The van der Waals surface area contributed by atoms with Crippen LogP contribution in [-0.4, -0.2) is 26.4 Å². The Hall–Kier alpha value is -1.22. The fourth-order valence-corrected chi connectivity index (χ4v) is 2.69. The number of aryl methyl sites for hydroxylation is 1. The first-order valence-electron chi connectivity index (χ1n) is 6.99. The Bertz CT molecular complexity index is 399. The molecule has 1 unspecified atom stereocenters. The Labute approximate surface area is 108 Å². The molecule has 1 fully saturated rings. The Morgan fingerprint density at radius 3 is 3.22 bits per heavy atom. The molecule has 0 aliphatic carbocycles. The van der Waals surface area contributed by atoms with E-state index in [1.54, 1.807) is 0 Å². The zero-order chi connectivity index (χ0) is 12.2. The van der Waals surface area contributed by atoms with Crippen molar-refractivity contribution in [3.05, 3.63) is 23.8 Å². The van der Waals surface area contributed by atoms with Crippen LogP contribution in [0.3, 0.4) is 0 Å². The Morgan fingerprint density at radius 2 is 2.33 bits per heavy atom. The number of benzene rings is 1. The van der Waals surface area contributed by atoms with Crippen molar-refractivity contribution in [2.75, 3.05) is 31.7 Å². The van der Waals surface area contributed by atoms with Crippen molar-refractivity contribution in [3.63, 3.8) is 0 Å². The topological polar surface area (TPSA) is 30.5 Å². The predicted molar refractivity (Wildman–Crippen MR) is 72.3 cm³/mol. The van der Waals surface area contributed by atoms with Gasteiger partial charge in [-0.2, -0.15) is 0 Å². The van der Waals surface area contributed by atoms with E-state index in [1.165, 1.54) is 30.5 Å². The normalized spacial score (nSPS) is 23.0. The quantitative estimate of drug-likeness (QED) is 0.891. The largest absolute Gasteiger partial charge is 0.493 e. The minimum atomic E-state index is 0.563. The van der Waals surface area contributed by atoms with Gasteiger partial charge in [0.2, 0.25) is 0 Å². The molecule has 1 aromatic rings. The third-order valence-electron chi connectivity index (χ3n) is 3.76. The molecule has 0 spiro atoms. The van der Waals surface area contributed by atoms with Crippen LogP contribution in [0.25, 0.3) is 0 Å². The molecule has 2 heterocycles. The van der Waals surface area contributed by atoms with Crippen LogP contribution in [0.4, 0.5) is 5.69 Å². The lowest BCUT2D eigenvalue weighted by molar-refractivity contribution is 0.0352. The van der Waals surface area contributed by atoms with Crippen LogP contribution < -0.4 is 10.1 Å². The number of fused-ring (bicyclic) bond motifs is 1. The molecule has 2 aliphatic heterocycles. The molecule has 3 heteroatoms. The minimum Gasteiger partial charge on any atom is -0.493 e. The summed E-state index contributed by atoms with van der Waals surface area (Å²) in [6.45, 7) is 3.65. The number of hydrogen-bond acceptors (Lipinski definition) is 3. The fraction of sp³-hybridized carbons (Fsp3) is 0.600. The molecular formula is C15H21NO2. The summed E-state index contributed by atoms with van der Waals surface area (Å²) in [5.41, 5.74) is 2.66. The molecule has 1 aromatic carbocycles. The summed E-state index contributed by atoms with van der Waals surface area (Å²) >= 11 is 0. The van der Waals surface area contributed by atoms with Crippen LogP contribution in [0.2, 0.25) is 0 Å². The van der Waals surface area contributed by atoms with Crippen molar-refractivity contribution in [1.29, 1.82) is 0 Å². The van der Waals surface area contributed by atoms with Gasteiger partial charge in [0.25, 0.3) is 0 Å². The van der Waals surface area contributed by atoms with Gasteiger partial charge in [-0.25, -0.2) is 0 Å². The van der Waals surface area contributed by atoms with Crippen molar-refractivity contribution in [2.24, 2.45) is 5.92 Å². The summed E-state index contributed by atoms with van der Waals surface area (Å²) < 4.78 is 11.4. The van der Waals surface area contributed by atoms with E-state index in [0.29, 0.717) is 5.92 Å². The van der Waals surface area contributed by atoms with Crippen molar-refractivity contribution in [3.8, 4) is 5.75 Å². The molecule has 0 aromatic heterocycles. The van der Waals surface area contributed by atoms with Gasteiger partial charge in [0.1, 0.15) is 5.75 Å². The molecule has 2 aliphatic rings. The molecule has 0 radical (unpaired) electrons. The summed E-state index contributed by atoms with van der Waals surface area (Å²) in [6, 6.07) is 6.40. The SMILES string of the molecule is c1cc2c(cc1OCC1CCCOC1)CCCN2. The van der Waals surface area contributed by atoms with E-state index in [0.717, 1.165) is 38.5 Å². The van der Waals surface area contributed by atoms with E-state index in [2.05, 4.69) is 23.5 Å². The van der Waals surface area contributed by atoms with Gasteiger partial charge in [-0.05, 0) is 49.4 Å². The second kappa shape index (κ2) is 5.61. The lowest BCUT2D eigenvalue weighted by Crippen LogP contribution is -2.23. The van der Waals surface area contributed by atoms with E-state index in [9.17, 15) is 0 Å². The van der Waals surface area contributed by atoms with E-state index in [1.807, 2.05) is 0 Å². The average Bonchev–Trinajstić information content (AvgIpc) is 2.46. The van der Waals surface area contributed by atoms with Crippen molar-refractivity contribution >= 4 is 5.69 Å². The molecule has 0 saturated carbocycles. The maximum Gasteiger partial charge on any atom is 0.119 e. The number of rotatable bonds is 3. The smallest absolute Gasteiger partial charge is 0.119 e. The summed E-state index contributed by atoms with van der Waals surface area (Å²) in [7, 11) is 0. The first kappa shape index (κ1) is 11.8. The lowest BCUT2D eigenvalue weighted by Gasteiger charge is -2.23. The Morgan fingerprint density at radius 1 is 1.33 bits per heavy atom. The van der Waals surface area contributed by atoms with Gasteiger partial charge in [0.15, 0.2) is 0 Å². The second-order valence-electron chi connectivity index (χ2n) is 5.24. The zero-order valence-corrected chi connectivity index (χ0v) is 10.8. The summed E-state index contributed by atoms with van der Waals surface area (Å²) in [5, 5.41) is 3.42. The molecule has 98 valence electrons. The van der Waals surface area contributed by atoms with Gasteiger partial charge in [-0.3, -0.25) is 0 Å². The molecule has 3 rings (SSSR count). The third kappa shape index (κ3) is 2.78. The molecule has 1 atom stereocenters. The highest BCUT2D eigenvalue weighted by molar-refractivity contribution is 5.55. The molecule has 0 bridgehead atoms. The zero-order valence-electron chi connectivity index (χ0n) is 10.8. The summed E-state index contributed by atoms with van der Waals surface area (Å²) in [5.74, 6) is 1.57. The van der Waals surface area contributed by atoms with Gasteiger partial charge in [0.05, 0.1) is 13.2 Å². The number of ether oxygens (including phenoxy) is 2. The van der Waals surface area contributed by atoms with Gasteiger partial charge in [-0.15, -0.1) is 0 Å². The van der Waals surface area contributed by atoms with Crippen molar-refractivity contribution in [2.45, 2.75) is 25.7 Å². The second-order valence-corrected chi connectivity index (χ2v) is 5.24. The van der Waals surface area contributed by atoms with E-state index >= 15 is 0 Å². The van der Waals surface area contributed by atoms with Gasteiger partial charge in [-0.1, -0.05) is 0 Å². The van der Waals surface area contributed by atoms with Crippen LogP contribution in [0.1, 0.15) is 24.8 Å². The fourth-order valence-electron chi connectivity index (χ4n) is 2.69. The molecule has 1 N–H and O–H groups in total. The van der Waals surface area contributed by atoms with Crippen molar-refractivity contribution < 1.29 is 9.47 Å². The molecule has 1 saturated heterocycles. The Kier molecular flexibility index (Phi) is 3.69. The summed E-state index contributed by atoms with van der Waals surface area (Å²) in [4.78, 5) is 0. The first-order valence-corrected chi connectivity index (χ1v) is 6.99. The molecule has 3 nitrogen and oxygen atoms in total. The third-order valence-corrected chi connectivity index (χ3v) is 3.76. The van der Waals surface area contributed by atoms with Crippen LogP contribution in [0.15, 0.2) is 18.2 Å². The number of nitrogens with one attached hydrogen (secondary N) is 1. The highest BCUT2D eigenvalue weighted by Crippen LogP contribution is 2.27. The molecule has 18 heavy (non-hydrogen) atoms. The first-order chi connectivity index (χ1) is 8.92. The lowest BCUT2D eigenvalue weighted by atomic mass is 10.0. The van der Waals surface area contributed by atoms with Crippen LogP contribution in [0.5, 0.6) is 5.75 Å². The van der Waals surface area contributed by atoms with Gasteiger partial charge < -0.3 is 14.8 Å². The standard InChI is InChI=1S/C15H21NO2/c1-4-13-9-14(5-6-15(13)16-7-1)18-11-12-3-2-8-17-10-12/h5-6,9,12,16H,1-4,7-8,10-11H2. The highest BCUT2D eigenvalue weighted by atomic mass is 16.5.